The van der Waals surface area contributed by atoms with Gasteiger partial charge in [0.2, 0.25) is 11.8 Å². The quantitative estimate of drug-likeness (QED) is 0.635. The zero-order valence-corrected chi connectivity index (χ0v) is 15.0. The molecule has 1 aromatic rings. The van der Waals surface area contributed by atoms with Crippen molar-refractivity contribution in [1.82, 2.24) is 20.0 Å². The van der Waals surface area contributed by atoms with E-state index < -0.39 is 0 Å². The molecule has 1 saturated heterocycles. The van der Waals surface area contributed by atoms with E-state index in [9.17, 15) is 9.59 Å². The largest absolute Gasteiger partial charge is 0.356 e. The van der Waals surface area contributed by atoms with Gasteiger partial charge >= 0.3 is 0 Å². The van der Waals surface area contributed by atoms with Crippen molar-refractivity contribution in [3.05, 3.63) is 18.5 Å². The van der Waals surface area contributed by atoms with Crippen LogP contribution in [0.1, 0.15) is 57.8 Å². The minimum absolute atomic E-state index is 0.0503. The van der Waals surface area contributed by atoms with Gasteiger partial charge in [-0.1, -0.05) is 25.7 Å². The molecule has 1 aromatic heterocycles. The Morgan fingerprint density at radius 1 is 1.20 bits per heavy atom. The first-order valence-corrected chi connectivity index (χ1v) is 9.78. The van der Waals surface area contributed by atoms with Crippen LogP contribution in [0.4, 0.5) is 0 Å². The monoisotopic (exact) mass is 346 g/mol. The average Bonchev–Trinajstić information content (AvgIpc) is 2.99. The number of piperidine rings is 1. The van der Waals surface area contributed by atoms with E-state index in [0.29, 0.717) is 32.0 Å². The van der Waals surface area contributed by atoms with Gasteiger partial charge in [-0.25, -0.2) is 0 Å². The first-order chi connectivity index (χ1) is 12.2. The number of hydrogen-bond acceptors (Lipinski definition) is 3. The van der Waals surface area contributed by atoms with Gasteiger partial charge in [0.05, 0.1) is 5.92 Å². The second kappa shape index (κ2) is 9.02. The Labute approximate surface area is 149 Å². The normalized spacial score (nSPS) is 22.6. The van der Waals surface area contributed by atoms with Gasteiger partial charge in [-0.2, -0.15) is 5.10 Å². The zero-order chi connectivity index (χ0) is 17.5. The minimum Gasteiger partial charge on any atom is -0.356 e. The number of carbonyl (C=O) groups excluding carboxylic acids is 2. The molecule has 1 unspecified atom stereocenters. The van der Waals surface area contributed by atoms with Gasteiger partial charge in [-0.15, -0.1) is 0 Å². The predicted molar refractivity (Wildman–Crippen MR) is 95.8 cm³/mol. The number of aromatic nitrogens is 2. The van der Waals surface area contributed by atoms with E-state index in [4.69, 9.17) is 0 Å². The topological polar surface area (TPSA) is 67.2 Å². The van der Waals surface area contributed by atoms with E-state index >= 15 is 0 Å². The summed E-state index contributed by atoms with van der Waals surface area (Å²) < 4.78 is 1.87. The Morgan fingerprint density at radius 2 is 2.00 bits per heavy atom. The molecule has 0 aromatic carbocycles. The molecule has 2 aliphatic rings. The Hall–Kier alpha value is -1.85. The summed E-state index contributed by atoms with van der Waals surface area (Å²) in [5.41, 5.74) is 0. The van der Waals surface area contributed by atoms with E-state index in [2.05, 4.69) is 10.4 Å². The van der Waals surface area contributed by atoms with Crippen molar-refractivity contribution in [2.75, 3.05) is 13.1 Å². The van der Waals surface area contributed by atoms with Crippen LogP contribution in [-0.2, 0) is 16.1 Å². The zero-order valence-electron chi connectivity index (χ0n) is 15.0. The Balaban J connectivity index is 1.44. The number of amides is 2. The van der Waals surface area contributed by atoms with Crippen LogP contribution in [0, 0.1) is 5.92 Å². The molecular weight excluding hydrogens is 316 g/mol. The second-order valence-electron chi connectivity index (χ2n) is 7.34. The van der Waals surface area contributed by atoms with Crippen LogP contribution in [0.3, 0.4) is 0 Å². The summed E-state index contributed by atoms with van der Waals surface area (Å²) in [6.07, 6.45) is 12.9. The molecule has 138 valence electrons. The van der Waals surface area contributed by atoms with Crippen LogP contribution in [-0.4, -0.2) is 45.6 Å². The van der Waals surface area contributed by atoms with Crippen molar-refractivity contribution in [3.8, 4) is 0 Å². The first-order valence-electron chi connectivity index (χ1n) is 9.78. The summed E-state index contributed by atoms with van der Waals surface area (Å²) in [6, 6.07) is 2.25. The maximum atomic E-state index is 12.5. The summed E-state index contributed by atoms with van der Waals surface area (Å²) in [6.45, 7) is 2.08. The van der Waals surface area contributed by atoms with E-state index in [1.807, 2.05) is 21.8 Å². The van der Waals surface area contributed by atoms with Gasteiger partial charge in [0.1, 0.15) is 0 Å². The third-order valence-electron chi connectivity index (χ3n) is 5.50. The Bertz CT molecular complexity index is 550. The Morgan fingerprint density at radius 3 is 2.72 bits per heavy atom. The molecule has 2 heterocycles. The van der Waals surface area contributed by atoms with Gasteiger partial charge in [0.25, 0.3) is 0 Å². The molecule has 1 atom stereocenters. The lowest BCUT2D eigenvalue weighted by Crippen LogP contribution is -2.50. The van der Waals surface area contributed by atoms with Gasteiger partial charge in [0.15, 0.2) is 0 Å². The average molecular weight is 346 g/mol. The highest BCUT2D eigenvalue weighted by molar-refractivity contribution is 5.84. The standard InChI is InChI=1S/C19H30N4O2/c24-18-10-9-16(15-23(18)17-7-3-1-2-4-8-17)19(25)20-11-5-13-22-14-6-12-21-22/h6,12,14,16-17H,1-5,7-11,13,15H2,(H,20,25). The molecular formula is C19H30N4O2. The molecule has 2 amide bonds. The van der Waals surface area contributed by atoms with E-state index in [1.165, 1.54) is 25.7 Å². The van der Waals surface area contributed by atoms with Crippen LogP contribution in [0.2, 0.25) is 0 Å². The molecule has 0 bridgehead atoms. The maximum Gasteiger partial charge on any atom is 0.224 e. The summed E-state index contributed by atoms with van der Waals surface area (Å²) in [5, 5.41) is 7.21. The van der Waals surface area contributed by atoms with Crippen molar-refractivity contribution < 1.29 is 9.59 Å². The lowest BCUT2D eigenvalue weighted by molar-refractivity contribution is -0.141. The fraction of sp³-hybridized carbons (Fsp3) is 0.737. The number of carbonyl (C=O) groups is 2. The SMILES string of the molecule is O=C(NCCCn1cccn1)C1CCC(=O)N(C2CCCCCC2)C1. The van der Waals surface area contributed by atoms with Crippen LogP contribution in [0.5, 0.6) is 0 Å². The second-order valence-corrected chi connectivity index (χ2v) is 7.34. The maximum absolute atomic E-state index is 12.5. The van der Waals surface area contributed by atoms with Crippen LogP contribution < -0.4 is 5.32 Å². The Kier molecular flexibility index (Phi) is 6.48. The number of likely N-dealkylation sites (tertiary alicyclic amines) is 1. The number of aryl methyl sites for hydroxylation is 1. The molecule has 25 heavy (non-hydrogen) atoms. The van der Waals surface area contributed by atoms with Crippen molar-refractivity contribution >= 4 is 11.8 Å². The van der Waals surface area contributed by atoms with Crippen LogP contribution >= 0.6 is 0 Å². The van der Waals surface area contributed by atoms with E-state index in [1.54, 1.807) is 6.20 Å². The molecule has 1 aliphatic carbocycles. The van der Waals surface area contributed by atoms with Crippen molar-refractivity contribution in [1.29, 1.82) is 0 Å². The fourth-order valence-corrected chi connectivity index (χ4v) is 4.04. The highest BCUT2D eigenvalue weighted by Crippen LogP contribution is 2.27. The highest BCUT2D eigenvalue weighted by atomic mass is 16.2. The molecule has 2 fully saturated rings. The van der Waals surface area contributed by atoms with Crippen LogP contribution in [0.15, 0.2) is 18.5 Å². The number of nitrogens with zero attached hydrogens (tertiary/aromatic N) is 3. The van der Waals surface area contributed by atoms with E-state index in [0.717, 1.165) is 25.8 Å². The third-order valence-corrected chi connectivity index (χ3v) is 5.50. The van der Waals surface area contributed by atoms with Crippen molar-refractivity contribution in [2.45, 2.75) is 70.4 Å². The minimum atomic E-state index is -0.0503. The number of nitrogens with one attached hydrogen (secondary N) is 1. The summed E-state index contributed by atoms with van der Waals surface area (Å²) in [7, 11) is 0. The number of hydrogen-bond donors (Lipinski definition) is 1. The third kappa shape index (κ3) is 5.06. The molecule has 0 radical (unpaired) electrons. The molecule has 1 N–H and O–H groups in total. The molecule has 6 heteroatoms. The van der Waals surface area contributed by atoms with Crippen molar-refractivity contribution in [2.24, 2.45) is 5.92 Å². The first kappa shape index (κ1) is 18.0. The highest BCUT2D eigenvalue weighted by Gasteiger charge is 2.34. The summed E-state index contributed by atoms with van der Waals surface area (Å²) >= 11 is 0. The fourth-order valence-electron chi connectivity index (χ4n) is 4.04. The van der Waals surface area contributed by atoms with E-state index in [-0.39, 0.29) is 17.7 Å². The predicted octanol–water partition coefficient (Wildman–Crippen LogP) is 2.35. The lowest BCUT2D eigenvalue weighted by Gasteiger charge is -2.37. The molecule has 1 saturated carbocycles. The smallest absolute Gasteiger partial charge is 0.224 e. The molecule has 1 aliphatic heterocycles. The van der Waals surface area contributed by atoms with Crippen LogP contribution in [0.25, 0.3) is 0 Å². The molecule has 6 nitrogen and oxygen atoms in total. The lowest BCUT2D eigenvalue weighted by atomic mass is 9.93. The van der Waals surface area contributed by atoms with Gasteiger partial charge in [-0.05, 0) is 31.7 Å². The van der Waals surface area contributed by atoms with Gasteiger partial charge in [-0.3, -0.25) is 14.3 Å². The summed E-state index contributed by atoms with van der Waals surface area (Å²) in [5.74, 6) is 0.298. The summed E-state index contributed by atoms with van der Waals surface area (Å²) in [4.78, 5) is 26.9. The van der Waals surface area contributed by atoms with Gasteiger partial charge in [0, 0.05) is 44.5 Å². The molecule has 0 spiro atoms. The molecule has 3 rings (SSSR count). The van der Waals surface area contributed by atoms with Gasteiger partial charge < -0.3 is 10.2 Å². The number of rotatable bonds is 6. The van der Waals surface area contributed by atoms with Crippen molar-refractivity contribution in [3.63, 3.8) is 0 Å².